The number of nitrogens with zero attached hydrogens (tertiary/aromatic N) is 1. The number of aryl methyl sites for hydroxylation is 1. The normalized spacial score (nSPS) is 22.8. The number of carbonyl (C=O) groups is 1. The van der Waals surface area contributed by atoms with Gasteiger partial charge in [0.2, 0.25) is 15.9 Å². The molecule has 1 aromatic heterocycles. The maximum Gasteiger partial charge on any atom is 0.241 e. The average molecular weight is 394 g/mol. The SMILES string of the molecule is [2H]C1(C(=O)Nc2nc(C)cs2)C=CC=CC1NS(=O)(=O)c1ccc(F)cc1. The van der Waals surface area contributed by atoms with Gasteiger partial charge in [0, 0.05) is 6.75 Å². The summed E-state index contributed by atoms with van der Waals surface area (Å²) in [7, 11) is -4.06. The largest absolute Gasteiger partial charge is 0.301 e. The van der Waals surface area contributed by atoms with Crippen LogP contribution in [0, 0.1) is 18.6 Å². The van der Waals surface area contributed by atoms with Gasteiger partial charge in [-0.25, -0.2) is 22.5 Å². The number of amides is 1. The first-order valence-electron chi connectivity index (χ1n) is 8.08. The van der Waals surface area contributed by atoms with E-state index in [-0.39, 0.29) is 4.90 Å². The Balaban J connectivity index is 1.84. The van der Waals surface area contributed by atoms with E-state index in [1.54, 1.807) is 18.4 Å². The Morgan fingerprint density at radius 2 is 1.96 bits per heavy atom. The van der Waals surface area contributed by atoms with Gasteiger partial charge < -0.3 is 5.32 Å². The zero-order valence-corrected chi connectivity index (χ0v) is 15.3. The smallest absolute Gasteiger partial charge is 0.241 e. The molecule has 6 nitrogen and oxygen atoms in total. The van der Waals surface area contributed by atoms with Crippen LogP contribution in [0.3, 0.4) is 0 Å². The van der Waals surface area contributed by atoms with Crippen LogP contribution < -0.4 is 10.0 Å². The molecule has 9 heteroatoms. The summed E-state index contributed by atoms with van der Waals surface area (Å²) in [6.07, 6.45) is 5.77. The van der Waals surface area contributed by atoms with Gasteiger partial charge in [-0.05, 0) is 31.2 Å². The summed E-state index contributed by atoms with van der Waals surface area (Å²) in [5.74, 6) is -3.20. The van der Waals surface area contributed by atoms with Crippen molar-refractivity contribution in [3.63, 3.8) is 0 Å². The van der Waals surface area contributed by atoms with Gasteiger partial charge in [0.25, 0.3) is 0 Å². The van der Waals surface area contributed by atoms with Gasteiger partial charge in [-0.1, -0.05) is 24.3 Å². The van der Waals surface area contributed by atoms with Gasteiger partial charge in [0.05, 0.1) is 22.5 Å². The molecule has 2 atom stereocenters. The Morgan fingerprint density at radius 3 is 2.62 bits per heavy atom. The lowest BCUT2D eigenvalue weighted by atomic mass is 9.95. The van der Waals surface area contributed by atoms with E-state index in [0.717, 1.165) is 30.0 Å². The predicted octanol–water partition coefficient (Wildman–Crippen LogP) is 2.62. The van der Waals surface area contributed by atoms with E-state index in [1.807, 2.05) is 0 Å². The standard InChI is InChI=1S/C17H16FN3O3S2/c1-11-10-25-17(19-11)20-16(22)14-4-2-3-5-15(14)21-26(23,24)13-8-6-12(18)7-9-13/h2-10,14-15,21H,1H3,(H,19,20,22)/i14D. The molecule has 136 valence electrons. The minimum absolute atomic E-state index is 0.162. The molecule has 1 aromatic carbocycles. The molecule has 0 aliphatic heterocycles. The van der Waals surface area contributed by atoms with E-state index >= 15 is 0 Å². The first-order chi connectivity index (χ1) is 12.7. The number of aromatic nitrogens is 1. The lowest BCUT2D eigenvalue weighted by molar-refractivity contribution is -0.118. The highest BCUT2D eigenvalue weighted by molar-refractivity contribution is 7.89. The maximum atomic E-state index is 13.0. The van der Waals surface area contributed by atoms with Gasteiger partial charge in [0.1, 0.15) is 5.82 Å². The summed E-state index contributed by atoms with van der Waals surface area (Å²) in [5, 5.41) is 4.62. The molecule has 1 aliphatic rings. The van der Waals surface area contributed by atoms with Crippen LogP contribution in [0.15, 0.2) is 58.8 Å². The molecule has 2 N–H and O–H groups in total. The number of benzene rings is 1. The Kier molecular flexibility index (Phi) is 4.91. The van der Waals surface area contributed by atoms with Crippen LogP contribution in [0.2, 0.25) is 0 Å². The van der Waals surface area contributed by atoms with E-state index in [2.05, 4.69) is 15.0 Å². The molecular weight excluding hydrogens is 377 g/mol. The van der Waals surface area contributed by atoms with Gasteiger partial charge in [-0.2, -0.15) is 0 Å². The molecule has 2 unspecified atom stereocenters. The second-order valence-corrected chi connectivity index (χ2v) is 8.07. The van der Waals surface area contributed by atoms with Crippen molar-refractivity contribution in [1.82, 2.24) is 9.71 Å². The molecule has 3 rings (SSSR count). The first-order valence-corrected chi connectivity index (χ1v) is 9.94. The number of carbonyl (C=O) groups excluding carboxylic acids is 1. The fourth-order valence-electron chi connectivity index (χ4n) is 2.29. The van der Waals surface area contributed by atoms with Gasteiger partial charge in [-0.15, -0.1) is 11.3 Å². The second-order valence-electron chi connectivity index (χ2n) is 5.50. The second kappa shape index (κ2) is 7.48. The van der Waals surface area contributed by atoms with Crippen molar-refractivity contribution in [2.45, 2.75) is 17.9 Å². The van der Waals surface area contributed by atoms with Crippen LogP contribution >= 0.6 is 11.3 Å². The summed E-state index contributed by atoms with van der Waals surface area (Å²) < 4.78 is 49.1. The van der Waals surface area contributed by atoms with Gasteiger partial charge in [0.15, 0.2) is 5.13 Å². The fourth-order valence-corrected chi connectivity index (χ4v) is 4.14. The highest BCUT2D eigenvalue weighted by Gasteiger charge is 2.30. The van der Waals surface area contributed by atoms with Crippen molar-refractivity contribution in [3.05, 3.63) is 65.5 Å². The minimum atomic E-state index is -4.06. The van der Waals surface area contributed by atoms with Crippen molar-refractivity contribution < 1.29 is 19.0 Å². The first kappa shape index (κ1) is 17.1. The third kappa shape index (κ3) is 4.24. The van der Waals surface area contributed by atoms with Crippen molar-refractivity contribution in [1.29, 1.82) is 0 Å². The van der Waals surface area contributed by atoms with Crippen LogP contribution in [0.5, 0.6) is 0 Å². The van der Waals surface area contributed by atoms with Crippen molar-refractivity contribution >= 4 is 32.4 Å². The zero-order valence-electron chi connectivity index (χ0n) is 14.6. The minimum Gasteiger partial charge on any atom is -0.301 e. The van der Waals surface area contributed by atoms with Crippen LogP contribution in [0.25, 0.3) is 0 Å². The Bertz CT molecular complexity index is 1020. The quantitative estimate of drug-likeness (QED) is 0.816. The molecule has 1 amide bonds. The highest BCUT2D eigenvalue weighted by atomic mass is 32.2. The fraction of sp³-hybridized carbons (Fsp3) is 0.176. The van der Waals surface area contributed by atoms with Crippen LogP contribution in [0.4, 0.5) is 9.52 Å². The molecule has 0 saturated heterocycles. The number of thiazole rings is 1. The molecule has 0 bridgehead atoms. The highest BCUT2D eigenvalue weighted by Crippen LogP contribution is 2.21. The Labute approximate surface area is 155 Å². The molecule has 1 aliphatic carbocycles. The third-order valence-corrected chi connectivity index (χ3v) is 5.87. The van der Waals surface area contributed by atoms with Crippen molar-refractivity contribution in [3.8, 4) is 0 Å². The summed E-state index contributed by atoms with van der Waals surface area (Å²) in [6.45, 7) is 1.77. The van der Waals surface area contributed by atoms with E-state index < -0.39 is 33.7 Å². The van der Waals surface area contributed by atoms with Crippen LogP contribution in [0.1, 0.15) is 7.06 Å². The number of halogens is 1. The molecule has 0 saturated carbocycles. The number of nitrogens with one attached hydrogen (secondary N) is 2. The summed E-state index contributed by atoms with van der Waals surface area (Å²) >= 11 is 1.21. The van der Waals surface area contributed by atoms with E-state index in [9.17, 15) is 17.6 Å². The van der Waals surface area contributed by atoms with Crippen LogP contribution in [-0.4, -0.2) is 25.4 Å². The van der Waals surface area contributed by atoms with Crippen molar-refractivity contribution in [2.75, 3.05) is 5.32 Å². The van der Waals surface area contributed by atoms with E-state index in [0.29, 0.717) is 5.13 Å². The van der Waals surface area contributed by atoms with E-state index in [1.165, 1.54) is 29.6 Å². The zero-order chi connectivity index (χ0) is 19.7. The van der Waals surface area contributed by atoms with E-state index in [4.69, 9.17) is 1.37 Å². The number of hydrogen-bond acceptors (Lipinski definition) is 5. The molecular formula is C17H16FN3O3S2. The number of anilines is 1. The number of sulfonamides is 1. The average Bonchev–Trinajstić information content (AvgIpc) is 3.02. The number of hydrogen-bond donors (Lipinski definition) is 2. The molecule has 0 fully saturated rings. The third-order valence-electron chi connectivity index (χ3n) is 3.53. The van der Waals surface area contributed by atoms with Crippen molar-refractivity contribution in [2.24, 2.45) is 5.89 Å². The maximum absolute atomic E-state index is 13.0. The summed E-state index contributed by atoms with van der Waals surface area (Å²) in [6, 6.07) is 3.13. The summed E-state index contributed by atoms with van der Waals surface area (Å²) in [4.78, 5) is 16.6. The molecule has 2 aromatic rings. The Morgan fingerprint density at radius 1 is 1.27 bits per heavy atom. The molecule has 0 radical (unpaired) electrons. The lowest BCUT2D eigenvalue weighted by Gasteiger charge is -2.24. The Hall–Kier alpha value is -2.36. The molecule has 0 spiro atoms. The van der Waals surface area contributed by atoms with Gasteiger partial charge in [-0.3, -0.25) is 4.79 Å². The lowest BCUT2D eigenvalue weighted by Crippen LogP contribution is -2.43. The number of rotatable bonds is 5. The van der Waals surface area contributed by atoms with Gasteiger partial charge >= 0.3 is 0 Å². The topological polar surface area (TPSA) is 88.2 Å². The molecule has 26 heavy (non-hydrogen) atoms. The summed E-state index contributed by atoms with van der Waals surface area (Å²) in [5.41, 5.74) is 0.724. The monoisotopic (exact) mass is 394 g/mol. The molecule has 1 heterocycles. The van der Waals surface area contributed by atoms with Crippen LogP contribution in [-0.2, 0) is 14.8 Å². The predicted molar refractivity (Wildman–Crippen MR) is 97.8 cm³/mol. The number of allylic oxidation sites excluding steroid dienone is 2.